The van der Waals surface area contributed by atoms with E-state index >= 15 is 0 Å². The zero-order valence-electron chi connectivity index (χ0n) is 8.26. The van der Waals surface area contributed by atoms with Crippen LogP contribution >= 0.6 is 11.6 Å². The molecule has 0 aliphatic carbocycles. The number of anilines is 1. The van der Waals surface area contributed by atoms with Gasteiger partial charge in [0.25, 0.3) is 0 Å². The third kappa shape index (κ3) is 4.39. The average Bonchev–Trinajstić information content (AvgIpc) is 2.18. The van der Waals surface area contributed by atoms with E-state index in [0.717, 1.165) is 31.9 Å². The van der Waals surface area contributed by atoms with Gasteiger partial charge in [-0.1, -0.05) is 18.5 Å². The molecule has 5 heteroatoms. The molecule has 0 amide bonds. The smallest absolute Gasteiger partial charge is 0.149 e. The molecule has 78 valence electrons. The van der Waals surface area contributed by atoms with Crippen LogP contribution in [0.1, 0.15) is 13.3 Å². The largest absolute Gasteiger partial charge is 0.369 e. The molecule has 4 nitrogen and oxygen atoms in total. The van der Waals surface area contributed by atoms with Gasteiger partial charge in [0.2, 0.25) is 0 Å². The van der Waals surface area contributed by atoms with Crippen LogP contribution in [-0.4, -0.2) is 29.6 Å². The maximum absolute atomic E-state index is 5.68. The molecule has 0 fully saturated rings. The second-order valence-electron chi connectivity index (χ2n) is 2.86. The maximum atomic E-state index is 5.68. The topological polar surface area (TPSA) is 49.8 Å². The van der Waals surface area contributed by atoms with Crippen molar-refractivity contribution in [1.82, 2.24) is 15.3 Å². The molecule has 0 saturated heterocycles. The Bertz CT molecular complexity index is 267. The van der Waals surface area contributed by atoms with E-state index in [1.807, 2.05) is 0 Å². The fourth-order valence-electron chi connectivity index (χ4n) is 1.03. The lowest BCUT2D eigenvalue weighted by molar-refractivity contribution is 0.688. The lowest BCUT2D eigenvalue weighted by atomic mass is 10.4. The van der Waals surface area contributed by atoms with Crippen LogP contribution in [0.5, 0.6) is 0 Å². The highest BCUT2D eigenvalue weighted by molar-refractivity contribution is 6.29. The molecule has 1 heterocycles. The van der Waals surface area contributed by atoms with Crippen LogP contribution < -0.4 is 10.6 Å². The normalized spacial score (nSPS) is 10.1. The van der Waals surface area contributed by atoms with Crippen LogP contribution in [-0.2, 0) is 0 Å². The fraction of sp³-hybridized carbons (Fsp3) is 0.556. The molecule has 1 rings (SSSR count). The van der Waals surface area contributed by atoms with E-state index in [4.69, 9.17) is 11.6 Å². The molecule has 0 radical (unpaired) electrons. The number of hydrogen-bond donors (Lipinski definition) is 2. The molecule has 0 unspecified atom stereocenters. The van der Waals surface area contributed by atoms with Gasteiger partial charge in [-0.25, -0.2) is 4.98 Å². The molecule has 1 aromatic heterocycles. The van der Waals surface area contributed by atoms with Gasteiger partial charge in [-0.15, -0.1) is 0 Å². The Morgan fingerprint density at radius 3 is 2.93 bits per heavy atom. The zero-order valence-corrected chi connectivity index (χ0v) is 9.01. The summed E-state index contributed by atoms with van der Waals surface area (Å²) in [5, 5.41) is 6.81. The van der Waals surface area contributed by atoms with Gasteiger partial charge in [-0.2, -0.15) is 0 Å². The van der Waals surface area contributed by atoms with Gasteiger partial charge in [0.15, 0.2) is 0 Å². The first-order chi connectivity index (χ1) is 6.83. The highest BCUT2D eigenvalue weighted by atomic mass is 35.5. The van der Waals surface area contributed by atoms with E-state index in [1.54, 1.807) is 6.20 Å². The van der Waals surface area contributed by atoms with Crippen LogP contribution in [0.25, 0.3) is 0 Å². The van der Waals surface area contributed by atoms with Crippen molar-refractivity contribution in [3.63, 3.8) is 0 Å². The number of aromatic nitrogens is 2. The minimum atomic E-state index is 0.418. The highest BCUT2D eigenvalue weighted by Crippen LogP contribution is 2.05. The van der Waals surface area contributed by atoms with Gasteiger partial charge in [-0.05, 0) is 19.5 Å². The Morgan fingerprint density at radius 1 is 1.36 bits per heavy atom. The Balaban J connectivity index is 2.18. The van der Waals surface area contributed by atoms with E-state index in [-0.39, 0.29) is 0 Å². The second-order valence-corrected chi connectivity index (χ2v) is 3.25. The first-order valence-corrected chi connectivity index (χ1v) is 5.13. The second kappa shape index (κ2) is 6.56. The standard InChI is InChI=1S/C9H15ClN4/c1-2-11-4-3-5-13-9-7-12-6-8(10)14-9/h6-7,11H,2-5H2,1H3,(H,13,14). The number of halogens is 1. The predicted molar refractivity (Wildman–Crippen MR) is 58.7 cm³/mol. The number of hydrogen-bond acceptors (Lipinski definition) is 4. The van der Waals surface area contributed by atoms with E-state index in [0.29, 0.717) is 5.15 Å². The predicted octanol–water partition coefficient (Wildman–Crippen LogP) is 1.54. The van der Waals surface area contributed by atoms with Crippen LogP contribution in [0.15, 0.2) is 12.4 Å². The van der Waals surface area contributed by atoms with Gasteiger partial charge >= 0.3 is 0 Å². The highest BCUT2D eigenvalue weighted by Gasteiger charge is 1.94. The molecule has 1 aromatic rings. The number of nitrogens with one attached hydrogen (secondary N) is 2. The summed E-state index contributed by atoms with van der Waals surface area (Å²) in [6.07, 6.45) is 4.24. The van der Waals surface area contributed by atoms with Crippen molar-refractivity contribution in [3.8, 4) is 0 Å². The van der Waals surface area contributed by atoms with Gasteiger partial charge in [0, 0.05) is 6.54 Å². The summed E-state index contributed by atoms with van der Waals surface area (Å²) in [6, 6.07) is 0. The SMILES string of the molecule is CCNCCCNc1cncc(Cl)n1. The number of nitrogens with zero attached hydrogens (tertiary/aromatic N) is 2. The molecule has 2 N–H and O–H groups in total. The lowest BCUT2D eigenvalue weighted by Crippen LogP contribution is -2.17. The Labute approximate surface area is 89.1 Å². The van der Waals surface area contributed by atoms with Crippen LogP contribution in [0, 0.1) is 0 Å². The van der Waals surface area contributed by atoms with Gasteiger partial charge < -0.3 is 10.6 Å². The monoisotopic (exact) mass is 214 g/mol. The molecule has 0 bridgehead atoms. The molecule has 0 aliphatic heterocycles. The Kier molecular flexibility index (Phi) is 5.25. The van der Waals surface area contributed by atoms with Gasteiger partial charge in [-0.3, -0.25) is 4.98 Å². The van der Waals surface area contributed by atoms with E-state index in [2.05, 4.69) is 27.5 Å². The van der Waals surface area contributed by atoms with Crippen LogP contribution in [0.4, 0.5) is 5.82 Å². The third-order valence-electron chi connectivity index (χ3n) is 1.69. The average molecular weight is 215 g/mol. The fourth-order valence-corrected chi connectivity index (χ4v) is 1.18. The molecular weight excluding hydrogens is 200 g/mol. The molecular formula is C9H15ClN4. The van der Waals surface area contributed by atoms with Crippen molar-refractivity contribution in [2.24, 2.45) is 0 Å². The van der Waals surface area contributed by atoms with Crippen molar-refractivity contribution in [1.29, 1.82) is 0 Å². The van der Waals surface area contributed by atoms with Gasteiger partial charge in [0.1, 0.15) is 11.0 Å². The summed E-state index contributed by atoms with van der Waals surface area (Å²) in [5.74, 6) is 0.731. The molecule has 14 heavy (non-hydrogen) atoms. The number of rotatable bonds is 6. The Hall–Kier alpha value is -0.870. The quantitative estimate of drug-likeness (QED) is 0.706. The molecule has 0 aliphatic rings. The van der Waals surface area contributed by atoms with Crippen LogP contribution in [0.3, 0.4) is 0 Å². The first-order valence-electron chi connectivity index (χ1n) is 4.75. The summed E-state index contributed by atoms with van der Waals surface area (Å²) in [4.78, 5) is 7.99. The first kappa shape index (κ1) is 11.2. The van der Waals surface area contributed by atoms with Crippen molar-refractivity contribution in [2.45, 2.75) is 13.3 Å². The van der Waals surface area contributed by atoms with Crippen molar-refractivity contribution in [2.75, 3.05) is 25.0 Å². The summed E-state index contributed by atoms with van der Waals surface area (Å²) < 4.78 is 0. The van der Waals surface area contributed by atoms with E-state index in [9.17, 15) is 0 Å². The van der Waals surface area contributed by atoms with Crippen molar-refractivity contribution in [3.05, 3.63) is 17.5 Å². The lowest BCUT2D eigenvalue weighted by Gasteiger charge is -2.05. The molecule has 0 spiro atoms. The minimum absolute atomic E-state index is 0.418. The summed E-state index contributed by atoms with van der Waals surface area (Å²) in [5.41, 5.74) is 0. The third-order valence-corrected chi connectivity index (χ3v) is 1.87. The molecule has 0 saturated carbocycles. The van der Waals surface area contributed by atoms with Crippen LogP contribution in [0.2, 0.25) is 5.15 Å². The maximum Gasteiger partial charge on any atom is 0.149 e. The zero-order chi connectivity index (χ0) is 10.2. The van der Waals surface area contributed by atoms with Crippen molar-refractivity contribution >= 4 is 17.4 Å². The summed E-state index contributed by atoms with van der Waals surface area (Å²) in [6.45, 7) is 4.99. The van der Waals surface area contributed by atoms with E-state index in [1.165, 1.54) is 6.20 Å². The molecule has 0 atom stereocenters. The van der Waals surface area contributed by atoms with E-state index < -0.39 is 0 Å². The summed E-state index contributed by atoms with van der Waals surface area (Å²) >= 11 is 5.68. The van der Waals surface area contributed by atoms with Gasteiger partial charge in [0.05, 0.1) is 12.4 Å². The van der Waals surface area contributed by atoms with Crippen molar-refractivity contribution < 1.29 is 0 Å². The minimum Gasteiger partial charge on any atom is -0.369 e. The molecule has 0 aromatic carbocycles. The Morgan fingerprint density at radius 2 is 2.21 bits per heavy atom. The summed E-state index contributed by atoms with van der Waals surface area (Å²) in [7, 11) is 0.